The summed E-state index contributed by atoms with van der Waals surface area (Å²) in [6, 6.07) is 14.7. The number of nitrogens with one attached hydrogen (secondary N) is 2. The fourth-order valence-corrected chi connectivity index (χ4v) is 6.62. The number of carbonyl (C=O) groups is 1. The quantitative estimate of drug-likeness (QED) is 0.313. The molecule has 1 fully saturated rings. The van der Waals surface area contributed by atoms with E-state index in [0.717, 1.165) is 67.1 Å². The number of likely N-dealkylation sites (tertiary alicyclic amines) is 1. The number of fused-ring (bicyclic) bond motifs is 1. The van der Waals surface area contributed by atoms with Crippen LogP contribution in [0.2, 0.25) is 0 Å². The maximum absolute atomic E-state index is 12.5. The fraction of sp³-hybridized carbons (Fsp3) is 0.324. The molecule has 226 valence electrons. The summed E-state index contributed by atoms with van der Waals surface area (Å²) in [7, 11) is 2.25. The van der Waals surface area contributed by atoms with Crippen LogP contribution in [-0.2, 0) is 4.79 Å². The van der Waals surface area contributed by atoms with Crippen molar-refractivity contribution in [1.29, 1.82) is 0 Å². The average molecular weight is 588 g/mol. The Hall–Kier alpha value is -4.33. The van der Waals surface area contributed by atoms with E-state index in [2.05, 4.69) is 76.2 Å². The molecule has 3 aliphatic rings. The summed E-state index contributed by atoms with van der Waals surface area (Å²) in [5.41, 5.74) is 5.97. The van der Waals surface area contributed by atoms with E-state index in [4.69, 9.17) is 4.98 Å². The molecule has 0 radical (unpaired) electrons. The van der Waals surface area contributed by atoms with Crippen LogP contribution in [0.25, 0.3) is 22.0 Å². The molecule has 7 nitrogen and oxygen atoms in total. The molecular formula is C37H41N5O2. The number of allylic oxidation sites excluding steroid dienone is 4. The Morgan fingerprint density at radius 2 is 1.93 bits per heavy atom. The van der Waals surface area contributed by atoms with E-state index in [1.807, 2.05) is 36.4 Å². The summed E-state index contributed by atoms with van der Waals surface area (Å²) in [4.78, 5) is 37.0. The molecule has 1 aliphatic heterocycles. The molecule has 3 heterocycles. The first-order chi connectivity index (χ1) is 21.5. The molecule has 0 spiro atoms. The SMILES string of the molecule is C=CC(=O)NC1=CCC(CN(C)C2CCN(CC3=CCC(c4nc5cc[nH]c(=O)c5cc4-c4ccccc4)C=C3)CC2)C=C1. The smallest absolute Gasteiger partial charge is 0.257 e. The highest BCUT2D eigenvalue weighted by atomic mass is 16.1. The summed E-state index contributed by atoms with van der Waals surface area (Å²) in [5, 5.41) is 3.47. The van der Waals surface area contributed by atoms with Gasteiger partial charge in [-0.3, -0.25) is 19.5 Å². The van der Waals surface area contributed by atoms with Crippen LogP contribution in [0.15, 0.2) is 114 Å². The zero-order valence-corrected chi connectivity index (χ0v) is 25.4. The minimum atomic E-state index is -0.166. The number of nitrogens with zero attached hydrogens (tertiary/aromatic N) is 3. The van der Waals surface area contributed by atoms with Gasteiger partial charge in [0.05, 0.1) is 16.6 Å². The molecule has 1 saturated heterocycles. The van der Waals surface area contributed by atoms with E-state index in [0.29, 0.717) is 17.3 Å². The summed E-state index contributed by atoms with van der Waals surface area (Å²) in [5.74, 6) is 0.462. The van der Waals surface area contributed by atoms with Crippen molar-refractivity contribution in [3.05, 3.63) is 125 Å². The van der Waals surface area contributed by atoms with Gasteiger partial charge in [0, 0.05) is 42.5 Å². The maximum Gasteiger partial charge on any atom is 0.257 e. The van der Waals surface area contributed by atoms with Gasteiger partial charge < -0.3 is 15.2 Å². The lowest BCUT2D eigenvalue weighted by Crippen LogP contribution is -2.45. The number of H-pyrrole nitrogens is 1. The summed E-state index contributed by atoms with van der Waals surface area (Å²) >= 11 is 0. The molecule has 2 N–H and O–H groups in total. The van der Waals surface area contributed by atoms with Crippen molar-refractivity contribution in [3.63, 3.8) is 0 Å². The van der Waals surface area contributed by atoms with Crippen molar-refractivity contribution in [1.82, 2.24) is 25.1 Å². The van der Waals surface area contributed by atoms with Gasteiger partial charge in [-0.1, -0.05) is 67.3 Å². The molecular weight excluding hydrogens is 546 g/mol. The van der Waals surface area contributed by atoms with Crippen LogP contribution in [0, 0.1) is 5.92 Å². The Morgan fingerprint density at radius 3 is 2.64 bits per heavy atom. The number of amides is 1. The number of rotatable bonds is 9. The van der Waals surface area contributed by atoms with Gasteiger partial charge in [-0.25, -0.2) is 0 Å². The second-order valence-corrected chi connectivity index (χ2v) is 12.2. The number of pyridine rings is 2. The molecule has 2 unspecified atom stereocenters. The molecule has 2 atom stereocenters. The Labute approximate surface area is 259 Å². The second-order valence-electron chi connectivity index (χ2n) is 12.2. The Bertz CT molecular complexity index is 1690. The van der Waals surface area contributed by atoms with Gasteiger partial charge in [0.25, 0.3) is 5.56 Å². The van der Waals surface area contributed by atoms with E-state index < -0.39 is 0 Å². The number of hydrogen-bond acceptors (Lipinski definition) is 5. The molecule has 7 heteroatoms. The molecule has 2 aromatic heterocycles. The number of aromatic nitrogens is 2. The molecule has 2 aliphatic carbocycles. The van der Waals surface area contributed by atoms with Crippen LogP contribution in [-0.4, -0.2) is 64.9 Å². The van der Waals surface area contributed by atoms with Gasteiger partial charge in [0.1, 0.15) is 0 Å². The Morgan fingerprint density at radius 1 is 1.11 bits per heavy atom. The van der Waals surface area contributed by atoms with Gasteiger partial charge in [0.15, 0.2) is 0 Å². The van der Waals surface area contributed by atoms with E-state index in [9.17, 15) is 9.59 Å². The highest BCUT2D eigenvalue weighted by molar-refractivity contribution is 5.88. The molecule has 6 rings (SSSR count). The predicted molar refractivity (Wildman–Crippen MR) is 178 cm³/mol. The number of piperidine rings is 1. The largest absolute Gasteiger partial charge is 0.328 e. The number of aromatic amines is 1. The van der Waals surface area contributed by atoms with E-state index >= 15 is 0 Å². The Kier molecular flexibility index (Phi) is 9.15. The lowest BCUT2D eigenvalue weighted by Gasteiger charge is -2.38. The summed E-state index contributed by atoms with van der Waals surface area (Å²) in [6.07, 6.45) is 20.4. The number of carbonyl (C=O) groups excluding carboxylic acids is 1. The third kappa shape index (κ3) is 6.90. The van der Waals surface area contributed by atoms with Crippen molar-refractivity contribution in [2.75, 3.05) is 33.2 Å². The van der Waals surface area contributed by atoms with Gasteiger partial charge in [-0.05, 0) is 87.2 Å². The molecule has 0 saturated carbocycles. The molecule has 0 bridgehead atoms. The van der Waals surface area contributed by atoms with Gasteiger partial charge >= 0.3 is 0 Å². The lowest BCUT2D eigenvalue weighted by atomic mass is 9.88. The Balaban J connectivity index is 1.03. The first-order valence-corrected chi connectivity index (χ1v) is 15.7. The summed E-state index contributed by atoms with van der Waals surface area (Å²) < 4.78 is 0. The first-order valence-electron chi connectivity index (χ1n) is 15.7. The topological polar surface area (TPSA) is 81.3 Å². The van der Waals surface area contributed by atoms with Crippen LogP contribution >= 0.6 is 0 Å². The molecule has 1 amide bonds. The monoisotopic (exact) mass is 587 g/mol. The van der Waals surface area contributed by atoms with Gasteiger partial charge in [-0.15, -0.1) is 0 Å². The van der Waals surface area contributed by atoms with Crippen LogP contribution in [0.1, 0.15) is 37.3 Å². The highest BCUT2D eigenvalue weighted by Gasteiger charge is 2.25. The fourth-order valence-electron chi connectivity index (χ4n) is 6.62. The molecule has 44 heavy (non-hydrogen) atoms. The van der Waals surface area contributed by atoms with E-state index in [1.165, 1.54) is 24.5 Å². The third-order valence-corrected chi connectivity index (χ3v) is 9.14. The van der Waals surface area contributed by atoms with Crippen LogP contribution in [0.4, 0.5) is 0 Å². The first kappa shape index (κ1) is 29.7. The van der Waals surface area contributed by atoms with Crippen LogP contribution < -0.4 is 10.9 Å². The maximum atomic E-state index is 12.5. The zero-order valence-electron chi connectivity index (χ0n) is 25.4. The average Bonchev–Trinajstić information content (AvgIpc) is 3.06. The number of benzene rings is 1. The van der Waals surface area contributed by atoms with Crippen LogP contribution in [0.5, 0.6) is 0 Å². The normalized spacial score (nSPS) is 20.9. The van der Waals surface area contributed by atoms with Crippen molar-refractivity contribution in [2.24, 2.45) is 5.92 Å². The molecule has 3 aromatic rings. The predicted octanol–water partition coefficient (Wildman–Crippen LogP) is 5.72. The van der Waals surface area contributed by atoms with Gasteiger partial charge in [-0.2, -0.15) is 0 Å². The van der Waals surface area contributed by atoms with Crippen LogP contribution in [0.3, 0.4) is 0 Å². The van der Waals surface area contributed by atoms with Crippen molar-refractivity contribution >= 4 is 16.8 Å². The third-order valence-electron chi connectivity index (χ3n) is 9.14. The lowest BCUT2D eigenvalue weighted by molar-refractivity contribution is -0.115. The van der Waals surface area contributed by atoms with Gasteiger partial charge in [0.2, 0.25) is 5.91 Å². The molecule has 1 aromatic carbocycles. The van der Waals surface area contributed by atoms with Crippen molar-refractivity contribution in [3.8, 4) is 11.1 Å². The standard InChI is InChI=1S/C37H41N5O2/c1-3-35(43)39-30-15-11-26(12-16-30)24-41(2)31-18-21-42(22-19-31)25-27-9-13-29(14-10-27)36-32(28-7-5-4-6-8-28)23-33-34(40-36)17-20-38-37(33)44/h3-11,13,15-17,20,23,26,29,31H,1,12,14,18-19,21-22,24-25H2,2H3,(H,38,44)(H,39,43). The minimum absolute atomic E-state index is 0.108. The second kappa shape index (κ2) is 13.5. The highest BCUT2D eigenvalue weighted by Crippen LogP contribution is 2.35. The van der Waals surface area contributed by atoms with Crippen molar-refractivity contribution in [2.45, 2.75) is 37.6 Å². The van der Waals surface area contributed by atoms with E-state index in [1.54, 1.807) is 6.20 Å². The zero-order chi connectivity index (χ0) is 30.5. The number of hydrogen-bond donors (Lipinski definition) is 2. The minimum Gasteiger partial charge on any atom is -0.328 e. The van der Waals surface area contributed by atoms with Crippen molar-refractivity contribution < 1.29 is 4.79 Å². The summed E-state index contributed by atoms with van der Waals surface area (Å²) in [6.45, 7) is 7.71. The van der Waals surface area contributed by atoms with E-state index in [-0.39, 0.29) is 17.4 Å².